The van der Waals surface area contributed by atoms with E-state index in [-0.39, 0.29) is 27.4 Å². The third-order valence-electron chi connectivity index (χ3n) is 3.40. The number of amides is 1. The van der Waals surface area contributed by atoms with Crippen LogP contribution in [-0.4, -0.2) is 38.3 Å². The first-order valence-electron chi connectivity index (χ1n) is 7.27. The number of carbonyl (C=O) groups excluding carboxylic acids is 1. The number of sulfonamides is 1. The first-order chi connectivity index (χ1) is 10.2. The number of halogens is 1. The molecule has 0 aliphatic heterocycles. The van der Waals surface area contributed by atoms with Crippen LogP contribution in [0.15, 0.2) is 23.1 Å². The second-order valence-electron chi connectivity index (χ2n) is 5.37. The standard InChI is InChI=1S/C15H23ClN2O3S/c1-5-6-9-17-15(19)13-10-12(7-8-14(13)16)22(20,21)18(4)11(2)3/h7-8,10-11H,5-6,9H2,1-4H3,(H,17,19). The lowest BCUT2D eigenvalue weighted by molar-refractivity contribution is 0.0953. The van der Waals surface area contributed by atoms with Crippen molar-refractivity contribution in [2.24, 2.45) is 0 Å². The summed E-state index contributed by atoms with van der Waals surface area (Å²) in [5, 5.41) is 2.98. The van der Waals surface area contributed by atoms with E-state index in [1.54, 1.807) is 13.8 Å². The van der Waals surface area contributed by atoms with Gasteiger partial charge in [-0.2, -0.15) is 4.31 Å². The van der Waals surface area contributed by atoms with Crippen molar-refractivity contribution >= 4 is 27.5 Å². The van der Waals surface area contributed by atoms with Crippen LogP contribution in [0.4, 0.5) is 0 Å². The van der Waals surface area contributed by atoms with Crippen LogP contribution < -0.4 is 5.32 Å². The molecule has 0 unspecified atom stereocenters. The van der Waals surface area contributed by atoms with Crippen molar-refractivity contribution in [2.45, 2.75) is 44.6 Å². The molecule has 7 heteroatoms. The minimum absolute atomic E-state index is 0.0636. The predicted molar refractivity (Wildman–Crippen MR) is 88.8 cm³/mol. The Bertz CT molecular complexity index is 630. The maximum atomic E-state index is 12.5. The molecule has 124 valence electrons. The highest BCUT2D eigenvalue weighted by Crippen LogP contribution is 2.23. The summed E-state index contributed by atoms with van der Waals surface area (Å²) >= 11 is 6.03. The van der Waals surface area contributed by atoms with Crippen LogP contribution in [0.5, 0.6) is 0 Å². The summed E-state index contributed by atoms with van der Waals surface area (Å²) in [4.78, 5) is 12.2. The molecule has 0 spiro atoms. The molecule has 0 aliphatic rings. The maximum Gasteiger partial charge on any atom is 0.252 e. The van der Waals surface area contributed by atoms with Crippen LogP contribution in [0, 0.1) is 0 Å². The van der Waals surface area contributed by atoms with E-state index in [9.17, 15) is 13.2 Å². The fourth-order valence-electron chi connectivity index (χ4n) is 1.76. The molecule has 0 fully saturated rings. The van der Waals surface area contributed by atoms with Crippen molar-refractivity contribution in [1.29, 1.82) is 0 Å². The maximum absolute atomic E-state index is 12.5. The van der Waals surface area contributed by atoms with Crippen LogP contribution in [-0.2, 0) is 10.0 Å². The van der Waals surface area contributed by atoms with Gasteiger partial charge in [0.2, 0.25) is 10.0 Å². The normalized spacial score (nSPS) is 12.0. The van der Waals surface area contributed by atoms with Gasteiger partial charge in [-0.05, 0) is 38.5 Å². The zero-order valence-electron chi connectivity index (χ0n) is 13.4. The van der Waals surface area contributed by atoms with E-state index < -0.39 is 10.0 Å². The highest BCUT2D eigenvalue weighted by molar-refractivity contribution is 7.89. The molecule has 0 bridgehead atoms. The van der Waals surface area contributed by atoms with Crippen molar-refractivity contribution in [3.8, 4) is 0 Å². The van der Waals surface area contributed by atoms with E-state index in [0.717, 1.165) is 12.8 Å². The van der Waals surface area contributed by atoms with E-state index in [1.165, 1.54) is 29.6 Å². The minimum Gasteiger partial charge on any atom is -0.352 e. The van der Waals surface area contributed by atoms with Gasteiger partial charge in [0.25, 0.3) is 5.91 Å². The van der Waals surface area contributed by atoms with Crippen LogP contribution in [0.25, 0.3) is 0 Å². The van der Waals surface area contributed by atoms with Crippen LogP contribution in [0.1, 0.15) is 44.0 Å². The summed E-state index contributed by atoms with van der Waals surface area (Å²) in [6.45, 7) is 6.13. The number of hydrogen-bond acceptors (Lipinski definition) is 3. The Morgan fingerprint density at radius 2 is 2.00 bits per heavy atom. The molecular weight excluding hydrogens is 324 g/mol. The van der Waals surface area contributed by atoms with Gasteiger partial charge in [-0.25, -0.2) is 8.42 Å². The van der Waals surface area contributed by atoms with Gasteiger partial charge in [0.1, 0.15) is 0 Å². The minimum atomic E-state index is -3.64. The van der Waals surface area contributed by atoms with Gasteiger partial charge in [-0.3, -0.25) is 4.79 Å². The highest BCUT2D eigenvalue weighted by Gasteiger charge is 2.24. The number of unbranched alkanes of at least 4 members (excludes halogenated alkanes) is 1. The van der Waals surface area contributed by atoms with E-state index in [2.05, 4.69) is 5.32 Å². The molecule has 0 saturated carbocycles. The molecule has 0 saturated heterocycles. The fourth-order valence-corrected chi connectivity index (χ4v) is 3.35. The summed E-state index contributed by atoms with van der Waals surface area (Å²) in [6.07, 6.45) is 1.82. The van der Waals surface area contributed by atoms with E-state index in [4.69, 9.17) is 11.6 Å². The lowest BCUT2D eigenvalue weighted by Gasteiger charge is -2.21. The molecule has 0 aromatic heterocycles. The van der Waals surface area contributed by atoms with Gasteiger partial charge in [0.05, 0.1) is 15.5 Å². The van der Waals surface area contributed by atoms with Gasteiger partial charge in [0, 0.05) is 19.6 Å². The molecule has 5 nitrogen and oxygen atoms in total. The molecule has 0 heterocycles. The molecule has 1 N–H and O–H groups in total. The van der Waals surface area contributed by atoms with Gasteiger partial charge in [-0.1, -0.05) is 24.9 Å². The zero-order valence-corrected chi connectivity index (χ0v) is 15.0. The summed E-state index contributed by atoms with van der Waals surface area (Å²) in [5.41, 5.74) is 0.177. The summed E-state index contributed by atoms with van der Waals surface area (Å²) in [5.74, 6) is -0.359. The quantitative estimate of drug-likeness (QED) is 0.772. The molecular formula is C15H23ClN2O3S. The van der Waals surface area contributed by atoms with Crippen molar-refractivity contribution in [3.05, 3.63) is 28.8 Å². The van der Waals surface area contributed by atoms with Gasteiger partial charge in [0.15, 0.2) is 0 Å². The fraction of sp³-hybridized carbons (Fsp3) is 0.533. The second kappa shape index (κ2) is 7.94. The number of nitrogens with one attached hydrogen (secondary N) is 1. The van der Waals surface area contributed by atoms with Gasteiger partial charge >= 0.3 is 0 Å². The Labute approximate surface area is 137 Å². The van der Waals surface area contributed by atoms with Crippen LogP contribution in [0.2, 0.25) is 5.02 Å². The van der Waals surface area contributed by atoms with Crippen molar-refractivity contribution < 1.29 is 13.2 Å². The average Bonchev–Trinajstić information content (AvgIpc) is 2.46. The summed E-state index contributed by atoms with van der Waals surface area (Å²) in [6, 6.07) is 4.01. The van der Waals surface area contributed by atoms with Crippen molar-refractivity contribution in [3.63, 3.8) is 0 Å². The van der Waals surface area contributed by atoms with E-state index in [1.807, 2.05) is 6.92 Å². The highest BCUT2D eigenvalue weighted by atomic mass is 35.5. The van der Waals surface area contributed by atoms with Crippen LogP contribution >= 0.6 is 11.6 Å². The smallest absolute Gasteiger partial charge is 0.252 e. The molecule has 1 amide bonds. The Hall–Kier alpha value is -1.11. The van der Waals surface area contributed by atoms with Gasteiger partial charge in [-0.15, -0.1) is 0 Å². The third-order valence-corrected chi connectivity index (χ3v) is 5.76. The molecule has 0 atom stereocenters. The number of carbonyl (C=O) groups is 1. The molecule has 0 radical (unpaired) electrons. The molecule has 1 aromatic rings. The predicted octanol–water partition coefficient (Wildman–Crippen LogP) is 2.90. The summed E-state index contributed by atoms with van der Waals surface area (Å²) < 4.78 is 26.2. The van der Waals surface area contributed by atoms with E-state index >= 15 is 0 Å². The Morgan fingerprint density at radius 3 is 2.55 bits per heavy atom. The Morgan fingerprint density at radius 1 is 1.36 bits per heavy atom. The molecule has 1 rings (SSSR count). The molecule has 1 aromatic carbocycles. The monoisotopic (exact) mass is 346 g/mol. The zero-order chi connectivity index (χ0) is 16.9. The average molecular weight is 347 g/mol. The lowest BCUT2D eigenvalue weighted by Crippen LogP contribution is -2.33. The second-order valence-corrected chi connectivity index (χ2v) is 7.77. The Balaban J connectivity index is 3.12. The van der Waals surface area contributed by atoms with Crippen molar-refractivity contribution in [2.75, 3.05) is 13.6 Å². The third kappa shape index (κ3) is 4.44. The SMILES string of the molecule is CCCCNC(=O)c1cc(S(=O)(=O)N(C)C(C)C)ccc1Cl. The first kappa shape index (κ1) is 18.9. The van der Waals surface area contributed by atoms with E-state index in [0.29, 0.717) is 6.54 Å². The number of nitrogens with zero attached hydrogens (tertiary/aromatic N) is 1. The number of rotatable bonds is 7. The first-order valence-corrected chi connectivity index (χ1v) is 9.09. The Kier molecular flexibility index (Phi) is 6.84. The van der Waals surface area contributed by atoms with Crippen LogP contribution in [0.3, 0.4) is 0 Å². The molecule has 0 aliphatic carbocycles. The largest absolute Gasteiger partial charge is 0.352 e. The number of benzene rings is 1. The van der Waals surface area contributed by atoms with Gasteiger partial charge < -0.3 is 5.32 Å². The lowest BCUT2D eigenvalue weighted by atomic mass is 10.2. The molecule has 22 heavy (non-hydrogen) atoms. The van der Waals surface area contributed by atoms with Crippen molar-refractivity contribution in [1.82, 2.24) is 9.62 Å². The number of hydrogen-bond donors (Lipinski definition) is 1. The summed E-state index contributed by atoms with van der Waals surface area (Å²) in [7, 11) is -2.13. The topological polar surface area (TPSA) is 66.5 Å².